The average molecular weight is 466 g/mol. The van der Waals surface area contributed by atoms with Gasteiger partial charge in [-0.05, 0) is 63.4 Å². The molecule has 0 aliphatic carbocycles. The van der Waals surface area contributed by atoms with E-state index in [1.165, 1.54) is 53.2 Å². The summed E-state index contributed by atoms with van der Waals surface area (Å²) in [7, 11) is 0. The maximum atomic E-state index is 3.77. The number of dihydropyridines is 1. The molecule has 0 amide bonds. The lowest BCUT2D eigenvalue weighted by Gasteiger charge is -2.23. The van der Waals surface area contributed by atoms with Gasteiger partial charge in [-0.25, -0.2) is 0 Å². The minimum absolute atomic E-state index is 0.115. The molecule has 0 fully saturated rings. The van der Waals surface area contributed by atoms with E-state index in [1.54, 1.807) is 0 Å². The van der Waals surface area contributed by atoms with Crippen LogP contribution in [0.3, 0.4) is 0 Å². The Labute approximate surface area is 208 Å². The molecule has 0 saturated carbocycles. The van der Waals surface area contributed by atoms with E-state index >= 15 is 0 Å². The zero-order valence-electron chi connectivity index (χ0n) is 19.1. The fourth-order valence-corrected chi connectivity index (χ4v) is 6.34. The smallest absolute Gasteiger partial charge is 0.0701 e. The van der Waals surface area contributed by atoms with Crippen LogP contribution in [0.2, 0.25) is 0 Å². The lowest BCUT2D eigenvalue weighted by Crippen LogP contribution is -2.20. The Morgan fingerprint density at radius 1 is 0.629 bits per heavy atom. The molecule has 1 unspecified atom stereocenters. The topological polar surface area (TPSA) is 12.0 Å². The predicted octanol–water partition coefficient (Wildman–Crippen LogP) is 9.12. The fraction of sp³-hybridized carbons (Fsp3) is 0.0303. The first-order chi connectivity index (χ1) is 17.3. The lowest BCUT2D eigenvalue weighted by atomic mass is 9.92. The van der Waals surface area contributed by atoms with Crippen LogP contribution in [0.1, 0.15) is 17.2 Å². The Bertz CT molecular complexity index is 1770. The van der Waals surface area contributed by atoms with Crippen molar-refractivity contribution >= 4 is 48.0 Å². The van der Waals surface area contributed by atoms with Crippen LogP contribution in [0.25, 0.3) is 47.8 Å². The number of hydrogen-bond donors (Lipinski definition) is 1. The largest absolute Gasteiger partial charge is 0.374 e. The highest BCUT2D eigenvalue weighted by Crippen LogP contribution is 2.42. The van der Waals surface area contributed by atoms with Gasteiger partial charge in [-0.1, -0.05) is 97.1 Å². The molecule has 166 valence electrons. The SMILES string of the molecule is C1=CC(c2cc(-c3ccc4ccccc4c3)c3c(c2)sc2ccccc23)NC(c2ccccc2)=C1. The van der Waals surface area contributed by atoms with Gasteiger partial charge < -0.3 is 5.32 Å². The summed E-state index contributed by atoms with van der Waals surface area (Å²) in [5, 5.41) is 9.00. The number of rotatable bonds is 3. The Morgan fingerprint density at radius 2 is 1.43 bits per heavy atom. The van der Waals surface area contributed by atoms with E-state index in [-0.39, 0.29) is 6.04 Å². The molecular weight excluding hydrogens is 442 g/mol. The average Bonchev–Trinajstić information content (AvgIpc) is 3.31. The summed E-state index contributed by atoms with van der Waals surface area (Å²) in [6, 6.07) is 39.7. The van der Waals surface area contributed by atoms with Crippen molar-refractivity contribution in [3.63, 3.8) is 0 Å². The van der Waals surface area contributed by atoms with Crippen molar-refractivity contribution in [2.75, 3.05) is 0 Å². The molecule has 0 saturated heterocycles. The number of allylic oxidation sites excluding steroid dienone is 2. The van der Waals surface area contributed by atoms with Crippen molar-refractivity contribution in [3.05, 3.63) is 139 Å². The Balaban J connectivity index is 1.41. The molecule has 1 atom stereocenters. The molecule has 1 N–H and O–H groups in total. The minimum Gasteiger partial charge on any atom is -0.374 e. The van der Waals surface area contributed by atoms with Crippen molar-refractivity contribution in [2.45, 2.75) is 6.04 Å². The molecule has 2 heteroatoms. The normalized spacial score (nSPS) is 15.4. The molecule has 2 heterocycles. The van der Waals surface area contributed by atoms with Gasteiger partial charge in [-0.15, -0.1) is 11.3 Å². The van der Waals surface area contributed by atoms with Crippen LogP contribution in [0.4, 0.5) is 0 Å². The van der Waals surface area contributed by atoms with Gasteiger partial charge >= 0.3 is 0 Å². The molecule has 5 aromatic carbocycles. The van der Waals surface area contributed by atoms with Gasteiger partial charge in [0.1, 0.15) is 0 Å². The summed E-state index contributed by atoms with van der Waals surface area (Å²) in [5.74, 6) is 0. The molecule has 0 radical (unpaired) electrons. The molecule has 1 nitrogen and oxygen atoms in total. The Kier molecular flexibility index (Phi) is 4.78. The van der Waals surface area contributed by atoms with Crippen LogP contribution in [0.5, 0.6) is 0 Å². The van der Waals surface area contributed by atoms with E-state index in [1.807, 2.05) is 11.3 Å². The van der Waals surface area contributed by atoms with E-state index in [0.717, 1.165) is 5.70 Å². The molecule has 1 aliphatic rings. The van der Waals surface area contributed by atoms with Crippen molar-refractivity contribution in [1.82, 2.24) is 5.32 Å². The van der Waals surface area contributed by atoms with Crippen molar-refractivity contribution in [1.29, 1.82) is 0 Å². The van der Waals surface area contributed by atoms with E-state index in [9.17, 15) is 0 Å². The molecule has 1 aliphatic heterocycles. The summed E-state index contributed by atoms with van der Waals surface area (Å²) < 4.78 is 2.66. The van der Waals surface area contributed by atoms with Crippen LogP contribution < -0.4 is 5.32 Å². The van der Waals surface area contributed by atoms with Crippen molar-refractivity contribution < 1.29 is 0 Å². The number of thiophene rings is 1. The third kappa shape index (κ3) is 3.54. The molecule has 1 aromatic heterocycles. The van der Waals surface area contributed by atoms with E-state index < -0.39 is 0 Å². The van der Waals surface area contributed by atoms with Crippen LogP contribution in [0, 0.1) is 0 Å². The van der Waals surface area contributed by atoms with Crippen LogP contribution in [0.15, 0.2) is 127 Å². The van der Waals surface area contributed by atoms with Gasteiger partial charge in [0.15, 0.2) is 0 Å². The van der Waals surface area contributed by atoms with Crippen LogP contribution >= 0.6 is 11.3 Å². The van der Waals surface area contributed by atoms with Crippen LogP contribution in [-0.4, -0.2) is 0 Å². The lowest BCUT2D eigenvalue weighted by molar-refractivity contribution is 0.765. The molecule has 35 heavy (non-hydrogen) atoms. The first kappa shape index (κ1) is 20.3. The fourth-order valence-electron chi connectivity index (χ4n) is 5.16. The second kappa shape index (κ2) is 8.26. The predicted molar refractivity (Wildman–Crippen MR) is 152 cm³/mol. The maximum Gasteiger partial charge on any atom is 0.0701 e. The molecule has 7 rings (SSSR count). The van der Waals surface area contributed by atoms with Crippen molar-refractivity contribution in [3.8, 4) is 11.1 Å². The second-order valence-corrected chi connectivity index (χ2v) is 10.1. The number of nitrogens with one attached hydrogen (secondary N) is 1. The molecular formula is C33H23NS. The summed E-state index contributed by atoms with van der Waals surface area (Å²) in [4.78, 5) is 0. The first-order valence-electron chi connectivity index (χ1n) is 12.0. The van der Waals surface area contributed by atoms with Crippen molar-refractivity contribution in [2.24, 2.45) is 0 Å². The zero-order chi connectivity index (χ0) is 23.2. The first-order valence-corrected chi connectivity index (χ1v) is 12.8. The van der Waals surface area contributed by atoms with Gasteiger partial charge in [-0.2, -0.15) is 0 Å². The summed E-state index contributed by atoms with van der Waals surface area (Å²) in [6.07, 6.45) is 6.59. The van der Waals surface area contributed by atoms with Gasteiger partial charge in [0.25, 0.3) is 0 Å². The van der Waals surface area contributed by atoms with E-state index in [2.05, 4.69) is 133 Å². The number of hydrogen-bond acceptors (Lipinski definition) is 2. The van der Waals surface area contributed by atoms with Gasteiger partial charge in [0.2, 0.25) is 0 Å². The zero-order valence-corrected chi connectivity index (χ0v) is 19.9. The van der Waals surface area contributed by atoms with Gasteiger partial charge in [0.05, 0.1) is 6.04 Å². The molecule has 0 spiro atoms. The third-order valence-corrected chi connectivity index (χ3v) is 8.00. The highest BCUT2D eigenvalue weighted by Gasteiger charge is 2.19. The minimum atomic E-state index is 0.115. The highest BCUT2D eigenvalue weighted by atomic mass is 32.1. The summed E-state index contributed by atoms with van der Waals surface area (Å²) >= 11 is 1.88. The maximum absolute atomic E-state index is 3.77. The molecule has 6 aromatic rings. The highest BCUT2D eigenvalue weighted by molar-refractivity contribution is 7.26. The van der Waals surface area contributed by atoms with Gasteiger partial charge in [0, 0.05) is 25.9 Å². The van der Waals surface area contributed by atoms with E-state index in [4.69, 9.17) is 0 Å². The standard InChI is InChI=1S/C33H23NS/c1-2-10-23(11-3-1)29-14-8-15-30(34-29)26-20-28(25-18-17-22-9-4-5-12-24(22)19-25)33-27-13-6-7-16-31(27)35-32(33)21-26/h1-21,30,34H. The second-order valence-electron chi connectivity index (χ2n) is 9.06. The van der Waals surface area contributed by atoms with Crippen LogP contribution in [-0.2, 0) is 0 Å². The number of benzene rings is 5. The summed E-state index contributed by atoms with van der Waals surface area (Å²) in [6.45, 7) is 0. The number of fused-ring (bicyclic) bond motifs is 4. The molecule has 0 bridgehead atoms. The monoisotopic (exact) mass is 465 g/mol. The Morgan fingerprint density at radius 3 is 2.34 bits per heavy atom. The summed E-state index contributed by atoms with van der Waals surface area (Å²) in [5.41, 5.74) is 6.20. The Hall–Kier alpha value is -4.14. The third-order valence-electron chi connectivity index (χ3n) is 6.88. The van der Waals surface area contributed by atoms with E-state index in [0.29, 0.717) is 0 Å². The van der Waals surface area contributed by atoms with Gasteiger partial charge in [-0.3, -0.25) is 0 Å². The quantitative estimate of drug-likeness (QED) is 0.275.